The number of hydrogen-bond acceptors (Lipinski definition) is 2. The molecule has 0 aromatic heterocycles. The first kappa shape index (κ1) is 18.3. The van der Waals surface area contributed by atoms with Crippen LogP contribution < -0.4 is 10.6 Å². The van der Waals surface area contributed by atoms with Crippen LogP contribution in [0.1, 0.15) is 43.7 Å². The van der Waals surface area contributed by atoms with E-state index in [1.54, 1.807) is 6.92 Å². The van der Waals surface area contributed by atoms with Crippen LogP contribution in [0.15, 0.2) is 24.3 Å². The molecule has 146 valence electrons. The van der Waals surface area contributed by atoms with E-state index in [2.05, 4.69) is 34.9 Å². The molecule has 5 nitrogen and oxygen atoms in total. The van der Waals surface area contributed by atoms with E-state index in [4.69, 9.17) is 0 Å². The van der Waals surface area contributed by atoms with Gasteiger partial charge in [0.2, 0.25) is 5.91 Å². The van der Waals surface area contributed by atoms with Crippen molar-refractivity contribution in [2.45, 2.75) is 51.5 Å². The zero-order chi connectivity index (χ0) is 18.8. The molecule has 0 radical (unpaired) electrons. The van der Waals surface area contributed by atoms with Gasteiger partial charge >= 0.3 is 6.03 Å². The Morgan fingerprint density at radius 3 is 2.37 bits per heavy atom. The largest absolute Gasteiger partial charge is 0.356 e. The van der Waals surface area contributed by atoms with Gasteiger partial charge in [-0.15, -0.1) is 0 Å². The fourth-order valence-corrected chi connectivity index (χ4v) is 5.32. The van der Waals surface area contributed by atoms with Crippen molar-refractivity contribution in [1.29, 1.82) is 0 Å². The molecule has 2 fully saturated rings. The zero-order valence-electron chi connectivity index (χ0n) is 16.2. The molecular formula is C22H31N3O2. The van der Waals surface area contributed by atoms with Crippen molar-refractivity contribution >= 4 is 11.9 Å². The topological polar surface area (TPSA) is 61.4 Å². The van der Waals surface area contributed by atoms with E-state index in [1.165, 1.54) is 24.0 Å². The van der Waals surface area contributed by atoms with Gasteiger partial charge in [0.05, 0.1) is 0 Å². The number of fused-ring (bicyclic) bond motifs is 3. The van der Waals surface area contributed by atoms with E-state index in [0.29, 0.717) is 30.3 Å². The second-order valence-corrected chi connectivity index (χ2v) is 8.64. The van der Waals surface area contributed by atoms with Crippen molar-refractivity contribution < 1.29 is 9.59 Å². The number of benzene rings is 1. The van der Waals surface area contributed by atoms with Crippen LogP contribution in [0.3, 0.4) is 0 Å². The minimum absolute atomic E-state index is 0.00571. The van der Waals surface area contributed by atoms with Gasteiger partial charge in [-0.1, -0.05) is 24.3 Å². The van der Waals surface area contributed by atoms with Crippen LogP contribution in [0.5, 0.6) is 0 Å². The van der Waals surface area contributed by atoms with E-state index in [9.17, 15) is 9.59 Å². The predicted octanol–water partition coefficient (Wildman–Crippen LogP) is 2.74. The summed E-state index contributed by atoms with van der Waals surface area (Å²) in [5.74, 6) is 1.49. The minimum Gasteiger partial charge on any atom is -0.356 e. The van der Waals surface area contributed by atoms with Gasteiger partial charge in [0.1, 0.15) is 0 Å². The maximum absolute atomic E-state index is 13.0. The Kier molecular flexibility index (Phi) is 5.37. The molecule has 4 rings (SSSR count). The van der Waals surface area contributed by atoms with Crippen LogP contribution in [-0.4, -0.2) is 42.5 Å². The number of hydrogen-bond donors (Lipinski definition) is 2. The summed E-state index contributed by atoms with van der Waals surface area (Å²) in [6.45, 7) is 3.79. The average molecular weight is 370 g/mol. The van der Waals surface area contributed by atoms with Crippen LogP contribution in [0, 0.1) is 17.8 Å². The summed E-state index contributed by atoms with van der Waals surface area (Å²) in [7, 11) is 0. The lowest BCUT2D eigenvalue weighted by molar-refractivity contribution is -0.119. The Balaban J connectivity index is 1.37. The fourth-order valence-electron chi connectivity index (χ4n) is 5.32. The van der Waals surface area contributed by atoms with Crippen molar-refractivity contribution in [2.24, 2.45) is 17.8 Å². The third kappa shape index (κ3) is 4.12. The molecule has 0 spiro atoms. The molecule has 5 heteroatoms. The van der Waals surface area contributed by atoms with Crippen LogP contribution >= 0.6 is 0 Å². The second kappa shape index (κ2) is 7.91. The van der Waals surface area contributed by atoms with E-state index >= 15 is 0 Å². The Labute approximate surface area is 161 Å². The van der Waals surface area contributed by atoms with Crippen molar-refractivity contribution in [1.82, 2.24) is 15.5 Å². The van der Waals surface area contributed by atoms with E-state index in [-0.39, 0.29) is 11.9 Å². The van der Waals surface area contributed by atoms with Crippen LogP contribution in [0.2, 0.25) is 0 Å². The zero-order valence-corrected chi connectivity index (χ0v) is 16.2. The fraction of sp³-hybridized carbons (Fsp3) is 0.636. The van der Waals surface area contributed by atoms with E-state index in [1.807, 2.05) is 4.90 Å². The molecule has 3 unspecified atom stereocenters. The third-order valence-corrected chi connectivity index (χ3v) is 6.74. The van der Waals surface area contributed by atoms with Gasteiger partial charge in [-0.05, 0) is 67.4 Å². The molecule has 3 aliphatic rings. The molecule has 3 amide bonds. The number of nitrogens with zero attached hydrogens (tertiary/aromatic N) is 1. The highest BCUT2D eigenvalue weighted by Gasteiger charge is 2.40. The first-order chi connectivity index (χ1) is 13.1. The molecule has 1 aromatic carbocycles. The number of piperidine rings is 1. The summed E-state index contributed by atoms with van der Waals surface area (Å²) >= 11 is 0. The molecule has 2 aliphatic carbocycles. The maximum atomic E-state index is 13.0. The first-order valence-corrected chi connectivity index (χ1v) is 10.5. The van der Waals surface area contributed by atoms with Crippen LogP contribution in [-0.2, 0) is 17.6 Å². The molecule has 3 atom stereocenters. The number of likely N-dealkylation sites (tertiary alicyclic amines) is 1. The number of rotatable bonds is 3. The molecule has 1 aliphatic heterocycles. The van der Waals surface area contributed by atoms with E-state index < -0.39 is 0 Å². The van der Waals surface area contributed by atoms with Crippen molar-refractivity contribution in [3.63, 3.8) is 0 Å². The Bertz CT molecular complexity index is 672. The van der Waals surface area contributed by atoms with Gasteiger partial charge in [0, 0.05) is 32.6 Å². The summed E-state index contributed by atoms with van der Waals surface area (Å²) in [4.78, 5) is 26.1. The molecule has 1 saturated carbocycles. The third-order valence-electron chi connectivity index (χ3n) is 6.74. The lowest BCUT2D eigenvalue weighted by Crippen LogP contribution is -2.52. The average Bonchev–Trinajstić information content (AvgIpc) is 2.94. The highest BCUT2D eigenvalue weighted by Crippen LogP contribution is 2.40. The molecule has 1 heterocycles. The van der Waals surface area contributed by atoms with Gasteiger partial charge in [-0.2, -0.15) is 0 Å². The highest BCUT2D eigenvalue weighted by molar-refractivity contribution is 5.75. The first-order valence-electron chi connectivity index (χ1n) is 10.5. The molecule has 2 bridgehead atoms. The van der Waals surface area contributed by atoms with E-state index in [0.717, 1.165) is 38.8 Å². The second-order valence-electron chi connectivity index (χ2n) is 8.64. The highest BCUT2D eigenvalue weighted by atomic mass is 16.2. The number of nitrogens with one attached hydrogen (secondary N) is 2. The quantitative estimate of drug-likeness (QED) is 0.861. The summed E-state index contributed by atoms with van der Waals surface area (Å²) in [6.07, 6.45) is 6.70. The summed E-state index contributed by atoms with van der Waals surface area (Å²) in [6, 6.07) is 9.16. The Morgan fingerprint density at radius 2 is 1.74 bits per heavy atom. The monoisotopic (exact) mass is 369 g/mol. The van der Waals surface area contributed by atoms with Crippen LogP contribution in [0.4, 0.5) is 4.79 Å². The summed E-state index contributed by atoms with van der Waals surface area (Å²) in [5, 5.41) is 6.31. The number of carbonyl (C=O) groups excluding carboxylic acids is 2. The van der Waals surface area contributed by atoms with Gasteiger partial charge in [-0.25, -0.2) is 4.79 Å². The normalized spacial score (nSPS) is 29.6. The summed E-state index contributed by atoms with van der Waals surface area (Å²) in [5.41, 5.74) is 2.94. The smallest absolute Gasteiger partial charge is 0.317 e. The van der Waals surface area contributed by atoms with Gasteiger partial charge in [0.15, 0.2) is 0 Å². The molecule has 1 aromatic rings. The molecule has 1 saturated heterocycles. The van der Waals surface area contributed by atoms with Crippen molar-refractivity contribution in [3.05, 3.63) is 35.4 Å². The maximum Gasteiger partial charge on any atom is 0.317 e. The Hall–Kier alpha value is -2.04. The minimum atomic E-state index is 0.00571. The van der Waals surface area contributed by atoms with Crippen LogP contribution in [0.25, 0.3) is 0 Å². The lowest BCUT2D eigenvalue weighted by atomic mass is 9.94. The number of carbonyl (C=O) groups is 2. The summed E-state index contributed by atoms with van der Waals surface area (Å²) < 4.78 is 0. The molecule has 27 heavy (non-hydrogen) atoms. The SMILES string of the molecule is CC(=O)NCC1CCCN(C(=O)NC2C3CCC2Cc2ccccc2C3)C1. The van der Waals surface area contributed by atoms with Crippen molar-refractivity contribution in [3.8, 4) is 0 Å². The molecule has 2 N–H and O–H groups in total. The van der Waals surface area contributed by atoms with Gasteiger partial charge in [-0.3, -0.25) is 4.79 Å². The number of urea groups is 1. The predicted molar refractivity (Wildman–Crippen MR) is 105 cm³/mol. The Morgan fingerprint density at radius 1 is 1.07 bits per heavy atom. The molecular weight excluding hydrogens is 338 g/mol. The van der Waals surface area contributed by atoms with Crippen molar-refractivity contribution in [2.75, 3.05) is 19.6 Å². The van der Waals surface area contributed by atoms with Gasteiger partial charge < -0.3 is 15.5 Å². The van der Waals surface area contributed by atoms with Gasteiger partial charge in [0.25, 0.3) is 0 Å². The lowest BCUT2D eigenvalue weighted by Gasteiger charge is -2.35. The standard InChI is InChI=1S/C22H31N3O2/c1-15(26)23-13-16-5-4-10-25(14-16)22(27)24-21-19-8-9-20(21)12-18-7-3-2-6-17(18)11-19/h2-3,6-7,16,19-21H,4-5,8-14H2,1H3,(H,23,26)(H,24,27). The number of amides is 3.